The molecule has 3 aromatic rings. The van der Waals surface area contributed by atoms with E-state index in [4.69, 9.17) is 9.47 Å². The standard InChI is InChI=1S/C28H32N2O2/c1-4-5-8-18-22-17-9-6-7-10-19(17)29-25(22)27-28-13-14-30(2)20(24(18)28)15-16-11-12-21(31-3)26(32-27)23(16)28/h6-7,9-12,18,20,24,27,29H,4-5,8,13-15H2,1-3H3/t18?,20-,24+,27-,28-/m1/s1. The Hall–Kier alpha value is -2.46. The van der Waals surface area contributed by atoms with Crippen LogP contribution in [0.5, 0.6) is 11.5 Å². The van der Waals surface area contributed by atoms with Crippen molar-refractivity contribution in [2.75, 3.05) is 20.7 Å². The fraction of sp³-hybridized carbons (Fsp3) is 0.500. The highest BCUT2D eigenvalue weighted by Crippen LogP contribution is 2.70. The van der Waals surface area contributed by atoms with Crippen molar-refractivity contribution in [1.29, 1.82) is 0 Å². The van der Waals surface area contributed by atoms with E-state index in [1.807, 2.05) is 0 Å². The summed E-state index contributed by atoms with van der Waals surface area (Å²) < 4.78 is 12.8. The number of unbranched alkanes of at least 4 members (excludes halogenated alkanes) is 1. The summed E-state index contributed by atoms with van der Waals surface area (Å²) in [6, 6.07) is 13.9. The Labute approximate surface area is 189 Å². The van der Waals surface area contributed by atoms with Crippen molar-refractivity contribution in [1.82, 2.24) is 9.88 Å². The van der Waals surface area contributed by atoms with Crippen LogP contribution in [0.25, 0.3) is 10.9 Å². The Morgan fingerprint density at radius 1 is 1.22 bits per heavy atom. The molecule has 2 aliphatic carbocycles. The first-order chi connectivity index (χ1) is 15.7. The van der Waals surface area contributed by atoms with Crippen molar-refractivity contribution >= 4 is 10.9 Å². The molecule has 0 amide bonds. The zero-order chi connectivity index (χ0) is 21.6. The molecule has 1 aromatic heterocycles. The van der Waals surface area contributed by atoms with Crippen molar-refractivity contribution in [3.8, 4) is 11.5 Å². The van der Waals surface area contributed by atoms with Gasteiger partial charge in [0, 0.05) is 27.9 Å². The number of fused-ring (bicyclic) bond motifs is 4. The zero-order valence-electron chi connectivity index (χ0n) is 19.3. The predicted octanol–water partition coefficient (Wildman–Crippen LogP) is 5.71. The lowest BCUT2D eigenvalue weighted by Gasteiger charge is -2.60. The van der Waals surface area contributed by atoms with E-state index in [1.54, 1.807) is 7.11 Å². The number of ether oxygens (including phenoxy) is 2. The Morgan fingerprint density at radius 2 is 2.09 bits per heavy atom. The van der Waals surface area contributed by atoms with Crippen molar-refractivity contribution in [3.05, 3.63) is 58.8 Å². The van der Waals surface area contributed by atoms with Crippen LogP contribution in [0.2, 0.25) is 0 Å². The van der Waals surface area contributed by atoms with Crippen molar-refractivity contribution in [2.24, 2.45) is 5.92 Å². The number of benzene rings is 2. The molecule has 32 heavy (non-hydrogen) atoms. The van der Waals surface area contributed by atoms with E-state index in [0.29, 0.717) is 17.9 Å². The van der Waals surface area contributed by atoms with Crippen LogP contribution in [0.4, 0.5) is 0 Å². The fourth-order valence-corrected chi connectivity index (χ4v) is 8.00. The van der Waals surface area contributed by atoms with E-state index in [9.17, 15) is 0 Å². The monoisotopic (exact) mass is 428 g/mol. The van der Waals surface area contributed by atoms with E-state index >= 15 is 0 Å². The van der Waals surface area contributed by atoms with Gasteiger partial charge in [0.1, 0.15) is 6.10 Å². The number of nitrogens with one attached hydrogen (secondary N) is 1. The second kappa shape index (κ2) is 6.54. The molecule has 0 radical (unpaired) electrons. The third-order valence-electron chi connectivity index (χ3n) is 9.19. The molecule has 1 unspecified atom stereocenters. The number of aromatic nitrogens is 1. The Balaban J connectivity index is 1.56. The lowest BCUT2D eigenvalue weighted by molar-refractivity contribution is -0.0413. The molecule has 2 aliphatic heterocycles. The van der Waals surface area contributed by atoms with E-state index in [-0.39, 0.29) is 11.5 Å². The minimum atomic E-state index is 0.0426. The van der Waals surface area contributed by atoms with Gasteiger partial charge in [-0.1, -0.05) is 44.0 Å². The van der Waals surface area contributed by atoms with E-state index < -0.39 is 0 Å². The summed E-state index contributed by atoms with van der Waals surface area (Å²) in [7, 11) is 4.12. The van der Waals surface area contributed by atoms with Gasteiger partial charge in [-0.05, 0) is 68.0 Å². The highest BCUT2D eigenvalue weighted by atomic mass is 16.5. The molecule has 3 heterocycles. The number of likely N-dealkylation sites (tertiary alicyclic amines) is 1. The van der Waals surface area contributed by atoms with Gasteiger partial charge in [0.15, 0.2) is 11.5 Å². The number of H-pyrrole nitrogens is 1. The van der Waals surface area contributed by atoms with E-state index in [0.717, 1.165) is 30.9 Å². The largest absolute Gasteiger partial charge is 0.493 e. The summed E-state index contributed by atoms with van der Waals surface area (Å²) in [5.41, 5.74) is 7.12. The molecule has 2 bridgehead atoms. The average Bonchev–Trinajstić information content (AvgIpc) is 3.36. The molecule has 5 atom stereocenters. The SMILES string of the molecule is CCCCC1c2c([nH]c3ccccc23)[C@H]2Oc3c(OC)ccc4c3[C@@]23CCN(C)[C@H](C4)[C@H]13. The number of likely N-dealkylation sites (N-methyl/N-ethyl adjacent to an activating group) is 1. The molecule has 4 aliphatic rings. The van der Waals surface area contributed by atoms with E-state index in [2.05, 4.69) is 60.3 Å². The van der Waals surface area contributed by atoms with Crippen LogP contribution in [0.15, 0.2) is 36.4 Å². The highest BCUT2D eigenvalue weighted by Gasteiger charge is 2.67. The van der Waals surface area contributed by atoms with Gasteiger partial charge in [-0.15, -0.1) is 0 Å². The van der Waals surface area contributed by atoms with Gasteiger partial charge in [0.25, 0.3) is 0 Å². The number of methoxy groups -OCH3 is 1. The van der Waals surface area contributed by atoms with Crippen LogP contribution in [-0.4, -0.2) is 36.6 Å². The highest BCUT2D eigenvalue weighted by molar-refractivity contribution is 5.86. The molecule has 0 saturated carbocycles. The maximum atomic E-state index is 6.97. The van der Waals surface area contributed by atoms with Crippen molar-refractivity contribution in [2.45, 2.75) is 62.5 Å². The molecule has 2 aromatic carbocycles. The number of nitrogens with zero attached hydrogens (tertiary/aromatic N) is 1. The van der Waals surface area contributed by atoms with Gasteiger partial charge >= 0.3 is 0 Å². The van der Waals surface area contributed by atoms with E-state index in [1.165, 1.54) is 52.5 Å². The Bertz CT molecular complexity index is 1230. The summed E-state index contributed by atoms with van der Waals surface area (Å²) in [4.78, 5) is 6.51. The van der Waals surface area contributed by atoms with Gasteiger partial charge in [0.2, 0.25) is 0 Å². The van der Waals surface area contributed by atoms with Crippen LogP contribution in [-0.2, 0) is 11.8 Å². The molecule has 7 rings (SSSR count). The second-order valence-electron chi connectivity index (χ2n) is 10.4. The van der Waals surface area contributed by atoms with Gasteiger partial charge in [-0.3, -0.25) is 0 Å². The molecule has 4 nitrogen and oxygen atoms in total. The zero-order valence-corrected chi connectivity index (χ0v) is 19.3. The third-order valence-corrected chi connectivity index (χ3v) is 9.19. The van der Waals surface area contributed by atoms with Crippen LogP contribution >= 0.6 is 0 Å². The topological polar surface area (TPSA) is 37.5 Å². The minimum absolute atomic E-state index is 0.0426. The van der Waals surface area contributed by atoms with Crippen LogP contribution < -0.4 is 9.47 Å². The summed E-state index contributed by atoms with van der Waals surface area (Å²) in [5.74, 6) is 3.04. The van der Waals surface area contributed by atoms with Gasteiger partial charge in [-0.2, -0.15) is 0 Å². The quantitative estimate of drug-likeness (QED) is 0.578. The molecule has 4 heteroatoms. The summed E-state index contributed by atoms with van der Waals surface area (Å²) in [6.07, 6.45) is 6.09. The molecule has 1 fully saturated rings. The number of aromatic amines is 1. The van der Waals surface area contributed by atoms with Crippen molar-refractivity contribution in [3.63, 3.8) is 0 Å². The van der Waals surface area contributed by atoms with Gasteiger partial charge < -0.3 is 19.4 Å². The molecule has 1 spiro atoms. The normalized spacial score (nSPS) is 31.8. The third kappa shape index (κ3) is 2.13. The van der Waals surface area contributed by atoms with Gasteiger partial charge in [-0.25, -0.2) is 0 Å². The number of hydrogen-bond acceptors (Lipinski definition) is 3. The number of rotatable bonds is 4. The van der Waals surface area contributed by atoms with Crippen LogP contribution in [0.1, 0.15) is 67.0 Å². The average molecular weight is 429 g/mol. The first-order valence-electron chi connectivity index (χ1n) is 12.4. The number of para-hydroxylation sites is 1. The Kier molecular flexibility index (Phi) is 3.89. The maximum Gasteiger partial charge on any atom is 0.166 e. The van der Waals surface area contributed by atoms with Gasteiger partial charge in [0.05, 0.1) is 12.8 Å². The molecule has 166 valence electrons. The molecule has 1 saturated heterocycles. The predicted molar refractivity (Wildman–Crippen MR) is 127 cm³/mol. The molecule has 1 N–H and O–H groups in total. The minimum Gasteiger partial charge on any atom is -0.493 e. The molecular weight excluding hydrogens is 396 g/mol. The first kappa shape index (κ1) is 19.0. The molecular formula is C28H32N2O2. The maximum absolute atomic E-state index is 6.97. The smallest absolute Gasteiger partial charge is 0.166 e. The number of piperidine rings is 1. The van der Waals surface area contributed by atoms with Crippen LogP contribution in [0, 0.1) is 5.92 Å². The summed E-state index contributed by atoms with van der Waals surface area (Å²) >= 11 is 0. The summed E-state index contributed by atoms with van der Waals surface area (Å²) in [6.45, 7) is 3.46. The van der Waals surface area contributed by atoms with Crippen molar-refractivity contribution < 1.29 is 9.47 Å². The lowest BCUT2D eigenvalue weighted by atomic mass is 9.48. The van der Waals surface area contributed by atoms with Crippen LogP contribution in [0.3, 0.4) is 0 Å². The second-order valence-corrected chi connectivity index (χ2v) is 10.4. The fourth-order valence-electron chi connectivity index (χ4n) is 8.00. The summed E-state index contributed by atoms with van der Waals surface area (Å²) in [5, 5.41) is 1.40. The first-order valence-corrected chi connectivity index (χ1v) is 12.4. The number of hydrogen-bond donors (Lipinski definition) is 1. The lowest BCUT2D eigenvalue weighted by Crippen LogP contribution is -2.63. The Morgan fingerprint density at radius 3 is 2.94 bits per heavy atom.